The SMILES string of the molecule is COC(C)C(=O)NC(C)c1cccc(NC(C)=O)c1. The summed E-state index contributed by atoms with van der Waals surface area (Å²) < 4.78 is 4.96. The molecule has 0 saturated heterocycles. The van der Waals surface area contributed by atoms with Gasteiger partial charge in [-0.25, -0.2) is 0 Å². The maximum Gasteiger partial charge on any atom is 0.249 e. The highest BCUT2D eigenvalue weighted by atomic mass is 16.5. The van der Waals surface area contributed by atoms with Crippen LogP contribution in [0.4, 0.5) is 5.69 Å². The summed E-state index contributed by atoms with van der Waals surface area (Å²) in [5.41, 5.74) is 1.63. The van der Waals surface area contributed by atoms with Crippen LogP contribution in [0.5, 0.6) is 0 Å². The summed E-state index contributed by atoms with van der Waals surface area (Å²) >= 11 is 0. The average Bonchev–Trinajstić information content (AvgIpc) is 2.37. The van der Waals surface area contributed by atoms with Gasteiger partial charge in [0.25, 0.3) is 0 Å². The van der Waals surface area contributed by atoms with E-state index in [4.69, 9.17) is 4.74 Å². The van der Waals surface area contributed by atoms with Crippen LogP contribution in [0.25, 0.3) is 0 Å². The Balaban J connectivity index is 2.74. The molecular weight excluding hydrogens is 244 g/mol. The predicted octanol–water partition coefficient (Wildman–Crippen LogP) is 1.86. The van der Waals surface area contributed by atoms with Gasteiger partial charge >= 0.3 is 0 Å². The van der Waals surface area contributed by atoms with Crippen molar-refractivity contribution in [2.24, 2.45) is 0 Å². The molecule has 0 aromatic heterocycles. The van der Waals surface area contributed by atoms with Crippen LogP contribution < -0.4 is 10.6 Å². The molecule has 0 radical (unpaired) electrons. The fourth-order valence-electron chi connectivity index (χ4n) is 1.61. The Bertz CT molecular complexity index is 460. The summed E-state index contributed by atoms with van der Waals surface area (Å²) in [6, 6.07) is 7.22. The highest BCUT2D eigenvalue weighted by Crippen LogP contribution is 2.17. The number of anilines is 1. The number of carbonyl (C=O) groups is 2. The van der Waals surface area contributed by atoms with Crippen molar-refractivity contribution in [2.75, 3.05) is 12.4 Å². The van der Waals surface area contributed by atoms with Gasteiger partial charge < -0.3 is 15.4 Å². The highest BCUT2D eigenvalue weighted by Gasteiger charge is 2.15. The lowest BCUT2D eigenvalue weighted by atomic mass is 10.1. The van der Waals surface area contributed by atoms with Crippen LogP contribution >= 0.6 is 0 Å². The van der Waals surface area contributed by atoms with Gasteiger partial charge in [-0.15, -0.1) is 0 Å². The zero-order valence-electron chi connectivity index (χ0n) is 11.7. The van der Waals surface area contributed by atoms with Gasteiger partial charge in [0.05, 0.1) is 6.04 Å². The van der Waals surface area contributed by atoms with Crippen molar-refractivity contribution in [3.63, 3.8) is 0 Å². The molecule has 5 nitrogen and oxygen atoms in total. The number of methoxy groups -OCH3 is 1. The molecule has 1 aromatic rings. The van der Waals surface area contributed by atoms with E-state index in [1.807, 2.05) is 25.1 Å². The molecule has 0 heterocycles. The van der Waals surface area contributed by atoms with E-state index in [1.54, 1.807) is 13.0 Å². The van der Waals surface area contributed by atoms with Crippen molar-refractivity contribution in [3.8, 4) is 0 Å². The Hall–Kier alpha value is -1.88. The van der Waals surface area contributed by atoms with Crippen molar-refractivity contribution in [3.05, 3.63) is 29.8 Å². The van der Waals surface area contributed by atoms with Crippen LogP contribution in [0, 0.1) is 0 Å². The van der Waals surface area contributed by atoms with Crippen LogP contribution in [0.3, 0.4) is 0 Å². The lowest BCUT2D eigenvalue weighted by Crippen LogP contribution is -2.35. The third-order valence-corrected chi connectivity index (χ3v) is 2.79. The van der Waals surface area contributed by atoms with E-state index < -0.39 is 6.10 Å². The third-order valence-electron chi connectivity index (χ3n) is 2.79. The number of carbonyl (C=O) groups excluding carboxylic acids is 2. The minimum Gasteiger partial charge on any atom is -0.372 e. The summed E-state index contributed by atoms with van der Waals surface area (Å²) in [6.07, 6.45) is -0.485. The predicted molar refractivity (Wildman–Crippen MR) is 73.8 cm³/mol. The van der Waals surface area contributed by atoms with Crippen molar-refractivity contribution >= 4 is 17.5 Å². The molecule has 0 aliphatic carbocycles. The van der Waals surface area contributed by atoms with Crippen molar-refractivity contribution in [1.82, 2.24) is 5.32 Å². The molecule has 0 fully saturated rings. The van der Waals surface area contributed by atoms with Gasteiger partial charge in [0.2, 0.25) is 11.8 Å². The lowest BCUT2D eigenvalue weighted by molar-refractivity contribution is -0.130. The van der Waals surface area contributed by atoms with Crippen LogP contribution in [-0.2, 0) is 14.3 Å². The molecule has 0 bridgehead atoms. The Morgan fingerprint density at radius 1 is 1.26 bits per heavy atom. The molecule has 1 rings (SSSR count). The van der Waals surface area contributed by atoms with Crippen LogP contribution in [-0.4, -0.2) is 25.0 Å². The van der Waals surface area contributed by atoms with E-state index in [-0.39, 0.29) is 17.9 Å². The maximum absolute atomic E-state index is 11.7. The first-order valence-electron chi connectivity index (χ1n) is 6.14. The molecule has 2 unspecified atom stereocenters. The number of hydrogen-bond donors (Lipinski definition) is 2. The van der Waals surface area contributed by atoms with Crippen LogP contribution in [0.1, 0.15) is 32.4 Å². The van der Waals surface area contributed by atoms with Crippen LogP contribution in [0.15, 0.2) is 24.3 Å². The van der Waals surface area contributed by atoms with Gasteiger partial charge in [-0.2, -0.15) is 0 Å². The molecule has 1 aromatic carbocycles. The molecule has 2 amide bonds. The van der Waals surface area contributed by atoms with Gasteiger partial charge in [0.15, 0.2) is 0 Å². The minimum absolute atomic E-state index is 0.123. The summed E-state index contributed by atoms with van der Waals surface area (Å²) in [5, 5.41) is 5.56. The Morgan fingerprint density at radius 3 is 2.53 bits per heavy atom. The number of amides is 2. The molecule has 2 N–H and O–H groups in total. The standard InChI is InChI=1S/C14H20N2O3/c1-9(15-14(18)10(2)19-4)12-6-5-7-13(8-12)16-11(3)17/h5-10H,1-4H3,(H,15,18)(H,16,17). The second kappa shape index (κ2) is 6.89. The van der Waals surface area contributed by atoms with Gasteiger partial charge in [0.1, 0.15) is 6.10 Å². The molecule has 0 saturated carbocycles. The fourth-order valence-corrected chi connectivity index (χ4v) is 1.61. The van der Waals surface area contributed by atoms with Crippen molar-refractivity contribution in [1.29, 1.82) is 0 Å². The van der Waals surface area contributed by atoms with E-state index >= 15 is 0 Å². The Labute approximate surface area is 113 Å². The maximum atomic E-state index is 11.7. The number of benzene rings is 1. The number of hydrogen-bond acceptors (Lipinski definition) is 3. The summed E-state index contributed by atoms with van der Waals surface area (Å²) in [4.78, 5) is 22.7. The van der Waals surface area contributed by atoms with E-state index in [1.165, 1.54) is 14.0 Å². The first-order valence-corrected chi connectivity index (χ1v) is 6.14. The first-order chi connectivity index (χ1) is 8.93. The largest absolute Gasteiger partial charge is 0.372 e. The number of ether oxygens (including phenoxy) is 1. The number of rotatable bonds is 5. The first kappa shape index (κ1) is 15.2. The van der Waals surface area contributed by atoms with Gasteiger partial charge in [-0.05, 0) is 31.5 Å². The summed E-state index contributed by atoms with van der Waals surface area (Å²) in [7, 11) is 1.49. The zero-order valence-corrected chi connectivity index (χ0v) is 11.7. The second-order valence-corrected chi connectivity index (χ2v) is 4.41. The van der Waals surface area contributed by atoms with E-state index in [0.717, 1.165) is 5.56 Å². The summed E-state index contributed by atoms with van der Waals surface area (Å²) in [6.45, 7) is 5.03. The molecule has 0 aliphatic heterocycles. The monoisotopic (exact) mass is 264 g/mol. The van der Waals surface area contributed by atoms with E-state index in [9.17, 15) is 9.59 Å². The smallest absolute Gasteiger partial charge is 0.249 e. The van der Waals surface area contributed by atoms with E-state index in [2.05, 4.69) is 10.6 Å². The Kier molecular flexibility index (Phi) is 5.51. The summed E-state index contributed by atoms with van der Waals surface area (Å²) in [5.74, 6) is -0.290. The molecule has 2 atom stereocenters. The molecule has 104 valence electrons. The van der Waals surface area contributed by atoms with Gasteiger partial charge in [-0.3, -0.25) is 9.59 Å². The molecule has 0 spiro atoms. The van der Waals surface area contributed by atoms with E-state index in [0.29, 0.717) is 5.69 Å². The van der Waals surface area contributed by atoms with Gasteiger partial charge in [0, 0.05) is 19.7 Å². The topological polar surface area (TPSA) is 67.4 Å². The average molecular weight is 264 g/mol. The van der Waals surface area contributed by atoms with Crippen LogP contribution in [0.2, 0.25) is 0 Å². The number of nitrogens with one attached hydrogen (secondary N) is 2. The molecular formula is C14H20N2O3. The molecule has 5 heteroatoms. The minimum atomic E-state index is -0.485. The lowest BCUT2D eigenvalue weighted by Gasteiger charge is -2.17. The van der Waals surface area contributed by atoms with Crippen molar-refractivity contribution < 1.29 is 14.3 Å². The zero-order chi connectivity index (χ0) is 14.4. The third kappa shape index (κ3) is 4.71. The molecule has 19 heavy (non-hydrogen) atoms. The normalized spacial score (nSPS) is 13.5. The molecule has 0 aliphatic rings. The second-order valence-electron chi connectivity index (χ2n) is 4.41. The Morgan fingerprint density at radius 2 is 1.95 bits per heavy atom. The van der Waals surface area contributed by atoms with Crippen molar-refractivity contribution in [2.45, 2.75) is 32.9 Å². The quantitative estimate of drug-likeness (QED) is 0.853. The van der Waals surface area contributed by atoms with Gasteiger partial charge in [-0.1, -0.05) is 12.1 Å². The fraction of sp³-hybridized carbons (Fsp3) is 0.429. The highest BCUT2D eigenvalue weighted by molar-refractivity contribution is 5.88.